The number of carbonyl (C=O) groups is 1. The predicted octanol–water partition coefficient (Wildman–Crippen LogP) is 2.55. The Morgan fingerprint density at radius 1 is 1.42 bits per heavy atom. The molecule has 3 aromatic rings. The van der Waals surface area contributed by atoms with E-state index >= 15 is 0 Å². The van der Waals surface area contributed by atoms with Crippen LogP contribution in [0.1, 0.15) is 16.2 Å². The minimum Gasteiger partial charge on any atom is -0.464 e. The average Bonchev–Trinajstić information content (AvgIpc) is 3.03. The first-order chi connectivity index (χ1) is 9.19. The highest BCUT2D eigenvalue weighted by Crippen LogP contribution is 2.24. The maximum atomic E-state index is 11.9. The van der Waals surface area contributed by atoms with E-state index in [-0.39, 0.29) is 0 Å². The zero-order valence-corrected chi connectivity index (χ0v) is 11.3. The van der Waals surface area contributed by atoms with Gasteiger partial charge in [-0.05, 0) is 24.4 Å². The lowest BCUT2D eigenvalue weighted by molar-refractivity contribution is 0.0590. The molecule has 96 valence electrons. The van der Waals surface area contributed by atoms with Gasteiger partial charge in [0.25, 0.3) is 0 Å². The van der Waals surface area contributed by atoms with E-state index in [1.165, 1.54) is 11.6 Å². The number of methoxy groups -OCH3 is 1. The van der Waals surface area contributed by atoms with E-state index < -0.39 is 5.97 Å². The number of nitrogens with zero attached hydrogens (tertiary/aromatic N) is 3. The van der Waals surface area contributed by atoms with Crippen molar-refractivity contribution in [2.45, 2.75) is 6.92 Å². The standard InChI is InChI=1S/C13H11N3O2S/c1-8-6-12-14-9(11-4-3-5-19-11)7-10(13(17)18-2)16(12)15-8/h3-7H,1-2H3. The lowest BCUT2D eigenvalue weighted by Crippen LogP contribution is -2.10. The van der Waals surface area contributed by atoms with Crippen LogP contribution in [0, 0.1) is 6.92 Å². The fourth-order valence-electron chi connectivity index (χ4n) is 1.89. The number of rotatable bonds is 2. The third kappa shape index (κ3) is 2.00. The second-order valence-corrected chi connectivity index (χ2v) is 5.00. The van der Waals surface area contributed by atoms with Gasteiger partial charge >= 0.3 is 5.97 Å². The van der Waals surface area contributed by atoms with Crippen LogP contribution in [0.15, 0.2) is 29.6 Å². The molecule has 0 bridgehead atoms. The molecular formula is C13H11N3O2S. The number of aromatic nitrogens is 3. The maximum Gasteiger partial charge on any atom is 0.356 e. The summed E-state index contributed by atoms with van der Waals surface area (Å²) >= 11 is 1.58. The molecule has 3 heterocycles. The summed E-state index contributed by atoms with van der Waals surface area (Å²) in [7, 11) is 1.36. The third-order valence-corrected chi connectivity index (χ3v) is 3.61. The minimum atomic E-state index is -0.423. The molecule has 0 fully saturated rings. The molecule has 0 aromatic carbocycles. The zero-order valence-electron chi connectivity index (χ0n) is 10.5. The fraction of sp³-hybridized carbons (Fsp3) is 0.154. The summed E-state index contributed by atoms with van der Waals surface area (Å²) in [6.45, 7) is 1.86. The van der Waals surface area contributed by atoms with Gasteiger partial charge in [0.05, 0.1) is 23.4 Å². The van der Waals surface area contributed by atoms with Crippen molar-refractivity contribution in [2.75, 3.05) is 7.11 Å². The second kappa shape index (κ2) is 4.47. The van der Waals surface area contributed by atoms with E-state index in [0.717, 1.165) is 16.3 Å². The second-order valence-electron chi connectivity index (χ2n) is 4.05. The molecule has 3 rings (SSSR count). The lowest BCUT2D eigenvalue weighted by Gasteiger charge is -2.05. The van der Waals surface area contributed by atoms with Crippen molar-refractivity contribution in [2.24, 2.45) is 0 Å². The summed E-state index contributed by atoms with van der Waals surface area (Å²) in [6, 6.07) is 7.46. The van der Waals surface area contributed by atoms with Crippen LogP contribution in [0.2, 0.25) is 0 Å². The molecule has 0 aliphatic heterocycles. The third-order valence-electron chi connectivity index (χ3n) is 2.72. The van der Waals surface area contributed by atoms with E-state index in [9.17, 15) is 4.79 Å². The van der Waals surface area contributed by atoms with Gasteiger partial charge in [-0.1, -0.05) is 6.07 Å². The summed E-state index contributed by atoms with van der Waals surface area (Å²) in [6.07, 6.45) is 0. The van der Waals surface area contributed by atoms with Gasteiger partial charge in [-0.3, -0.25) is 0 Å². The van der Waals surface area contributed by atoms with Crippen molar-refractivity contribution >= 4 is 23.0 Å². The van der Waals surface area contributed by atoms with Gasteiger partial charge in [0.15, 0.2) is 11.3 Å². The summed E-state index contributed by atoms with van der Waals surface area (Å²) in [5, 5.41) is 6.23. The van der Waals surface area contributed by atoms with Crippen LogP contribution in [0.25, 0.3) is 16.2 Å². The van der Waals surface area contributed by atoms with E-state index in [1.807, 2.05) is 30.5 Å². The van der Waals surface area contributed by atoms with E-state index in [2.05, 4.69) is 10.1 Å². The van der Waals surface area contributed by atoms with Crippen LogP contribution in [-0.4, -0.2) is 27.7 Å². The van der Waals surface area contributed by atoms with Crippen molar-refractivity contribution in [1.82, 2.24) is 14.6 Å². The van der Waals surface area contributed by atoms with E-state index in [0.29, 0.717) is 11.3 Å². The van der Waals surface area contributed by atoms with Crippen LogP contribution in [-0.2, 0) is 4.74 Å². The molecular weight excluding hydrogens is 262 g/mol. The molecule has 0 atom stereocenters. The quantitative estimate of drug-likeness (QED) is 0.673. The number of carbonyl (C=O) groups excluding carboxylic acids is 1. The first-order valence-electron chi connectivity index (χ1n) is 5.68. The van der Waals surface area contributed by atoms with Crippen LogP contribution in [0.3, 0.4) is 0 Å². The monoisotopic (exact) mass is 273 g/mol. The molecule has 6 heteroatoms. The lowest BCUT2D eigenvalue weighted by atomic mass is 10.2. The average molecular weight is 273 g/mol. The Kier molecular flexibility index (Phi) is 2.79. The molecule has 0 spiro atoms. The summed E-state index contributed by atoms with van der Waals surface area (Å²) < 4.78 is 6.31. The molecule has 0 unspecified atom stereocenters. The van der Waals surface area contributed by atoms with Gasteiger partial charge in [0.2, 0.25) is 0 Å². The topological polar surface area (TPSA) is 56.5 Å². The largest absolute Gasteiger partial charge is 0.464 e. The van der Waals surface area contributed by atoms with Gasteiger partial charge in [-0.2, -0.15) is 5.10 Å². The first-order valence-corrected chi connectivity index (χ1v) is 6.56. The number of aryl methyl sites for hydroxylation is 1. The minimum absolute atomic E-state index is 0.379. The highest BCUT2D eigenvalue weighted by molar-refractivity contribution is 7.13. The van der Waals surface area contributed by atoms with Gasteiger partial charge in [0, 0.05) is 6.07 Å². The SMILES string of the molecule is COC(=O)c1cc(-c2cccs2)nc2cc(C)nn12. The predicted molar refractivity (Wildman–Crippen MR) is 72.4 cm³/mol. The van der Waals surface area contributed by atoms with Crippen molar-refractivity contribution in [3.05, 3.63) is 41.0 Å². The number of hydrogen-bond donors (Lipinski definition) is 0. The highest BCUT2D eigenvalue weighted by Gasteiger charge is 2.16. The molecule has 19 heavy (non-hydrogen) atoms. The van der Waals surface area contributed by atoms with Crippen LogP contribution >= 0.6 is 11.3 Å². The maximum absolute atomic E-state index is 11.9. The summed E-state index contributed by atoms with van der Waals surface area (Å²) in [5.41, 5.74) is 2.58. The molecule has 0 radical (unpaired) electrons. The molecule has 5 nitrogen and oxygen atoms in total. The molecule has 0 saturated heterocycles. The Morgan fingerprint density at radius 3 is 2.95 bits per heavy atom. The molecule has 3 aromatic heterocycles. The van der Waals surface area contributed by atoms with Gasteiger partial charge in [0.1, 0.15) is 0 Å². The summed E-state index contributed by atoms with van der Waals surface area (Å²) in [5.74, 6) is -0.423. The number of esters is 1. The van der Waals surface area contributed by atoms with Gasteiger partial charge in [-0.25, -0.2) is 14.3 Å². The first kappa shape index (κ1) is 11.9. The smallest absolute Gasteiger partial charge is 0.356 e. The molecule has 0 aliphatic rings. The fourth-order valence-corrected chi connectivity index (χ4v) is 2.58. The van der Waals surface area contributed by atoms with E-state index in [1.54, 1.807) is 17.4 Å². The highest BCUT2D eigenvalue weighted by atomic mass is 32.1. The van der Waals surface area contributed by atoms with Crippen LogP contribution in [0.4, 0.5) is 0 Å². The van der Waals surface area contributed by atoms with E-state index in [4.69, 9.17) is 4.74 Å². The van der Waals surface area contributed by atoms with Crippen molar-refractivity contribution < 1.29 is 9.53 Å². The number of ether oxygens (including phenoxy) is 1. The molecule has 0 aliphatic carbocycles. The Hall–Kier alpha value is -2.21. The normalized spacial score (nSPS) is 10.8. The van der Waals surface area contributed by atoms with Crippen LogP contribution < -0.4 is 0 Å². The Morgan fingerprint density at radius 2 is 2.26 bits per heavy atom. The summed E-state index contributed by atoms with van der Waals surface area (Å²) in [4.78, 5) is 17.4. The number of thiophene rings is 1. The van der Waals surface area contributed by atoms with Gasteiger partial charge < -0.3 is 4.74 Å². The Labute approximate surface area is 113 Å². The van der Waals surface area contributed by atoms with Gasteiger partial charge in [-0.15, -0.1) is 11.3 Å². The zero-order chi connectivity index (χ0) is 13.4. The number of fused-ring (bicyclic) bond motifs is 1. The van der Waals surface area contributed by atoms with Crippen molar-refractivity contribution in [3.63, 3.8) is 0 Å². The Bertz CT molecular complexity index is 747. The van der Waals surface area contributed by atoms with Crippen molar-refractivity contribution in [1.29, 1.82) is 0 Å². The molecule has 0 N–H and O–H groups in total. The number of hydrogen-bond acceptors (Lipinski definition) is 5. The molecule has 0 amide bonds. The van der Waals surface area contributed by atoms with Crippen molar-refractivity contribution in [3.8, 4) is 10.6 Å². The van der Waals surface area contributed by atoms with Crippen LogP contribution in [0.5, 0.6) is 0 Å². The Balaban J connectivity index is 2.29. The molecule has 0 saturated carbocycles.